The maximum Gasteiger partial charge on any atom is 0.330 e. The highest BCUT2D eigenvalue weighted by atomic mass is 16.6. The van der Waals surface area contributed by atoms with Crippen LogP contribution in [0.3, 0.4) is 0 Å². The lowest BCUT2D eigenvalue weighted by Gasteiger charge is -1.98. The standard InChI is InChI=1S/C12H13NO4/c1-2-17-12(14)9-5-7-10-6-3-4-8-11(10)13(15)16/h3-6,8-9H,2,7H2,1H3. The van der Waals surface area contributed by atoms with Crippen LogP contribution in [0.15, 0.2) is 36.4 Å². The molecule has 5 nitrogen and oxygen atoms in total. The molecule has 1 aromatic carbocycles. The molecule has 17 heavy (non-hydrogen) atoms. The molecule has 0 saturated heterocycles. The molecule has 0 N–H and O–H groups in total. The van der Waals surface area contributed by atoms with Crippen LogP contribution < -0.4 is 0 Å². The van der Waals surface area contributed by atoms with Gasteiger partial charge < -0.3 is 4.74 Å². The molecule has 0 fully saturated rings. The van der Waals surface area contributed by atoms with Crippen molar-refractivity contribution in [3.63, 3.8) is 0 Å². The van der Waals surface area contributed by atoms with Gasteiger partial charge in [-0.05, 0) is 13.3 Å². The van der Waals surface area contributed by atoms with Crippen LogP contribution in [0, 0.1) is 10.1 Å². The second-order valence-electron chi connectivity index (χ2n) is 3.24. The van der Waals surface area contributed by atoms with Crippen LogP contribution in [0.2, 0.25) is 0 Å². The van der Waals surface area contributed by atoms with Crippen molar-refractivity contribution in [1.29, 1.82) is 0 Å². The predicted molar refractivity (Wildman–Crippen MR) is 62.6 cm³/mol. The van der Waals surface area contributed by atoms with Gasteiger partial charge in [0.15, 0.2) is 0 Å². The molecule has 0 aliphatic carbocycles. The molecule has 0 aromatic heterocycles. The number of ether oxygens (including phenoxy) is 1. The van der Waals surface area contributed by atoms with Crippen molar-refractivity contribution < 1.29 is 14.5 Å². The van der Waals surface area contributed by atoms with Crippen LogP contribution in [0.25, 0.3) is 0 Å². The van der Waals surface area contributed by atoms with Gasteiger partial charge in [-0.1, -0.05) is 24.3 Å². The predicted octanol–water partition coefficient (Wildman–Crippen LogP) is 2.26. The Bertz CT molecular complexity index is 440. The molecule has 1 rings (SSSR count). The molecule has 5 heteroatoms. The Balaban J connectivity index is 2.69. The molecular formula is C12H13NO4. The highest BCUT2D eigenvalue weighted by Crippen LogP contribution is 2.18. The largest absolute Gasteiger partial charge is 0.463 e. The summed E-state index contributed by atoms with van der Waals surface area (Å²) in [7, 11) is 0. The average molecular weight is 235 g/mol. The van der Waals surface area contributed by atoms with Crippen LogP contribution >= 0.6 is 0 Å². The third-order valence-electron chi connectivity index (χ3n) is 2.07. The minimum atomic E-state index is -0.439. The molecule has 90 valence electrons. The molecular weight excluding hydrogens is 222 g/mol. The van der Waals surface area contributed by atoms with E-state index in [2.05, 4.69) is 0 Å². The van der Waals surface area contributed by atoms with Crippen molar-refractivity contribution in [3.05, 3.63) is 52.1 Å². The fourth-order valence-corrected chi connectivity index (χ4v) is 1.33. The normalized spacial score (nSPS) is 10.4. The number of para-hydroxylation sites is 1. The molecule has 0 atom stereocenters. The van der Waals surface area contributed by atoms with E-state index in [1.807, 2.05) is 0 Å². The topological polar surface area (TPSA) is 69.4 Å². The Hall–Kier alpha value is -2.17. The monoisotopic (exact) mass is 235 g/mol. The lowest BCUT2D eigenvalue weighted by Crippen LogP contribution is -1.99. The molecule has 0 heterocycles. The van der Waals surface area contributed by atoms with Gasteiger partial charge >= 0.3 is 5.97 Å². The van der Waals surface area contributed by atoms with E-state index in [0.29, 0.717) is 18.6 Å². The van der Waals surface area contributed by atoms with E-state index >= 15 is 0 Å². The Morgan fingerprint density at radius 3 is 2.82 bits per heavy atom. The summed E-state index contributed by atoms with van der Waals surface area (Å²) in [6.45, 7) is 2.03. The Morgan fingerprint density at radius 2 is 2.18 bits per heavy atom. The highest BCUT2D eigenvalue weighted by molar-refractivity contribution is 5.81. The van der Waals surface area contributed by atoms with Crippen molar-refractivity contribution in [2.24, 2.45) is 0 Å². The smallest absolute Gasteiger partial charge is 0.330 e. The van der Waals surface area contributed by atoms with Crippen LogP contribution in [0.4, 0.5) is 5.69 Å². The third-order valence-corrected chi connectivity index (χ3v) is 2.07. The van der Waals surface area contributed by atoms with Gasteiger partial charge in [-0.25, -0.2) is 4.79 Å². The first kappa shape index (κ1) is 12.9. The summed E-state index contributed by atoms with van der Waals surface area (Å²) in [5.74, 6) is -0.439. The average Bonchev–Trinajstić information content (AvgIpc) is 2.30. The number of carbonyl (C=O) groups is 1. The molecule has 0 radical (unpaired) electrons. The summed E-state index contributed by atoms with van der Waals surface area (Å²) in [5.41, 5.74) is 0.624. The van der Waals surface area contributed by atoms with Crippen molar-refractivity contribution in [2.75, 3.05) is 6.61 Å². The van der Waals surface area contributed by atoms with Gasteiger partial charge in [-0.15, -0.1) is 0 Å². The van der Waals surface area contributed by atoms with Crippen LogP contribution in [0.1, 0.15) is 12.5 Å². The maximum absolute atomic E-state index is 11.0. The van der Waals surface area contributed by atoms with E-state index in [9.17, 15) is 14.9 Å². The molecule has 0 saturated carbocycles. The maximum atomic E-state index is 11.0. The molecule has 0 amide bonds. The fraction of sp³-hybridized carbons (Fsp3) is 0.250. The second-order valence-corrected chi connectivity index (χ2v) is 3.24. The fourth-order valence-electron chi connectivity index (χ4n) is 1.33. The zero-order valence-corrected chi connectivity index (χ0v) is 9.46. The number of benzene rings is 1. The van der Waals surface area contributed by atoms with E-state index in [0.717, 1.165) is 0 Å². The number of hydrogen-bond acceptors (Lipinski definition) is 4. The molecule has 0 aliphatic rings. The van der Waals surface area contributed by atoms with Gasteiger partial charge in [0.2, 0.25) is 0 Å². The number of hydrogen-bond donors (Lipinski definition) is 0. The van der Waals surface area contributed by atoms with Gasteiger partial charge in [0.25, 0.3) is 5.69 Å². The van der Waals surface area contributed by atoms with Gasteiger partial charge in [0.05, 0.1) is 11.5 Å². The van der Waals surface area contributed by atoms with Gasteiger partial charge in [-0.3, -0.25) is 10.1 Å². The Morgan fingerprint density at radius 1 is 1.47 bits per heavy atom. The minimum Gasteiger partial charge on any atom is -0.463 e. The summed E-state index contributed by atoms with van der Waals surface area (Å²) >= 11 is 0. The van der Waals surface area contributed by atoms with Crippen LogP contribution in [0.5, 0.6) is 0 Å². The van der Waals surface area contributed by atoms with E-state index in [1.165, 1.54) is 12.1 Å². The van der Waals surface area contributed by atoms with E-state index in [1.54, 1.807) is 31.2 Å². The highest BCUT2D eigenvalue weighted by Gasteiger charge is 2.10. The summed E-state index contributed by atoms with van der Waals surface area (Å²) < 4.78 is 4.70. The summed E-state index contributed by atoms with van der Waals surface area (Å²) in [6, 6.07) is 6.43. The zero-order chi connectivity index (χ0) is 12.7. The quantitative estimate of drug-likeness (QED) is 0.339. The Labute approximate surface area is 98.9 Å². The van der Waals surface area contributed by atoms with Crippen molar-refractivity contribution in [2.45, 2.75) is 13.3 Å². The number of esters is 1. The molecule has 0 bridgehead atoms. The number of carbonyl (C=O) groups excluding carboxylic acids is 1. The third kappa shape index (κ3) is 4.06. The lowest BCUT2D eigenvalue weighted by atomic mass is 10.1. The first-order chi connectivity index (χ1) is 8.15. The SMILES string of the molecule is CCOC(=O)C=CCc1ccccc1[N+](=O)[O-]. The lowest BCUT2D eigenvalue weighted by molar-refractivity contribution is -0.385. The first-order valence-electron chi connectivity index (χ1n) is 5.20. The number of nitrogens with zero attached hydrogens (tertiary/aromatic N) is 1. The number of rotatable bonds is 5. The zero-order valence-electron chi connectivity index (χ0n) is 9.46. The second kappa shape index (κ2) is 6.42. The van der Waals surface area contributed by atoms with E-state index in [4.69, 9.17) is 4.74 Å². The van der Waals surface area contributed by atoms with Crippen molar-refractivity contribution >= 4 is 11.7 Å². The molecule has 0 aliphatic heterocycles. The number of allylic oxidation sites excluding steroid dienone is 1. The van der Waals surface area contributed by atoms with E-state index in [-0.39, 0.29) is 5.69 Å². The first-order valence-corrected chi connectivity index (χ1v) is 5.20. The van der Waals surface area contributed by atoms with Gasteiger partial charge in [0, 0.05) is 17.7 Å². The molecule has 0 spiro atoms. The molecule has 1 aromatic rings. The molecule has 0 unspecified atom stereocenters. The van der Waals surface area contributed by atoms with Crippen molar-refractivity contribution in [3.8, 4) is 0 Å². The Kier molecular flexibility index (Phi) is 4.87. The van der Waals surface area contributed by atoms with Gasteiger partial charge in [-0.2, -0.15) is 0 Å². The summed E-state index contributed by atoms with van der Waals surface area (Å²) in [5, 5.41) is 10.7. The van der Waals surface area contributed by atoms with Crippen molar-refractivity contribution in [1.82, 2.24) is 0 Å². The van der Waals surface area contributed by atoms with Crippen LogP contribution in [-0.2, 0) is 16.0 Å². The number of nitro benzene ring substituents is 1. The van der Waals surface area contributed by atoms with Crippen LogP contribution in [-0.4, -0.2) is 17.5 Å². The van der Waals surface area contributed by atoms with E-state index < -0.39 is 10.9 Å². The van der Waals surface area contributed by atoms with Gasteiger partial charge in [0.1, 0.15) is 0 Å². The summed E-state index contributed by atoms with van der Waals surface area (Å²) in [6.07, 6.45) is 3.16. The number of nitro groups is 1. The summed E-state index contributed by atoms with van der Waals surface area (Å²) in [4.78, 5) is 21.3. The minimum absolute atomic E-state index is 0.0565.